The average molecular weight is 281 g/mol. The first-order valence-electron chi connectivity index (χ1n) is 6.63. The van der Waals surface area contributed by atoms with Gasteiger partial charge in [-0.2, -0.15) is 0 Å². The second-order valence-electron chi connectivity index (χ2n) is 4.84. The molecule has 2 heterocycles. The number of rotatable bonds is 3. The van der Waals surface area contributed by atoms with Gasteiger partial charge in [0.1, 0.15) is 11.1 Å². The quantitative estimate of drug-likeness (QED) is 0.738. The zero-order valence-electron chi connectivity index (χ0n) is 11.9. The molecular formula is C16H15N3O2. The van der Waals surface area contributed by atoms with Crippen LogP contribution < -0.4 is 10.3 Å². The van der Waals surface area contributed by atoms with Crippen molar-refractivity contribution in [2.75, 3.05) is 7.11 Å². The van der Waals surface area contributed by atoms with Gasteiger partial charge in [-0.1, -0.05) is 6.07 Å². The van der Waals surface area contributed by atoms with Gasteiger partial charge in [0.05, 0.1) is 25.5 Å². The molecule has 1 aromatic carbocycles. The minimum absolute atomic E-state index is 0.105. The molecule has 21 heavy (non-hydrogen) atoms. The molecule has 5 heteroatoms. The lowest BCUT2D eigenvalue weighted by atomic mass is 10.2. The summed E-state index contributed by atoms with van der Waals surface area (Å²) < 4.78 is 6.85. The van der Waals surface area contributed by atoms with Crippen LogP contribution in [-0.2, 0) is 6.54 Å². The Morgan fingerprint density at radius 2 is 2.10 bits per heavy atom. The van der Waals surface area contributed by atoms with Crippen LogP contribution in [0.15, 0.2) is 47.7 Å². The van der Waals surface area contributed by atoms with Crippen LogP contribution in [0.5, 0.6) is 5.75 Å². The summed E-state index contributed by atoms with van der Waals surface area (Å²) >= 11 is 0. The Balaban J connectivity index is 2.12. The van der Waals surface area contributed by atoms with E-state index in [1.165, 1.54) is 0 Å². The maximum atomic E-state index is 12.6. The van der Waals surface area contributed by atoms with Crippen molar-refractivity contribution in [2.24, 2.45) is 0 Å². The van der Waals surface area contributed by atoms with E-state index in [-0.39, 0.29) is 5.56 Å². The Kier molecular flexibility index (Phi) is 3.39. The van der Waals surface area contributed by atoms with E-state index in [0.29, 0.717) is 23.2 Å². The number of ether oxygens (including phenoxy) is 1. The number of nitrogens with zero attached hydrogens (tertiary/aromatic N) is 3. The normalized spacial score (nSPS) is 10.8. The summed E-state index contributed by atoms with van der Waals surface area (Å²) in [6.07, 6.45) is 3.31. The Morgan fingerprint density at radius 3 is 2.86 bits per heavy atom. The molecule has 0 saturated carbocycles. The fourth-order valence-electron chi connectivity index (χ4n) is 2.35. The third kappa shape index (κ3) is 2.50. The molecule has 0 bridgehead atoms. The van der Waals surface area contributed by atoms with Gasteiger partial charge in [0.15, 0.2) is 0 Å². The van der Waals surface area contributed by atoms with Crippen LogP contribution in [0, 0.1) is 6.92 Å². The summed E-state index contributed by atoms with van der Waals surface area (Å²) in [5, 5.41) is 0.508. The molecule has 0 spiro atoms. The Bertz CT molecular complexity index is 856. The molecule has 5 nitrogen and oxygen atoms in total. The second-order valence-corrected chi connectivity index (χ2v) is 4.84. The number of methoxy groups -OCH3 is 1. The first-order valence-corrected chi connectivity index (χ1v) is 6.63. The van der Waals surface area contributed by atoms with E-state index < -0.39 is 0 Å². The minimum atomic E-state index is -0.105. The lowest BCUT2D eigenvalue weighted by molar-refractivity contribution is 0.419. The Hall–Kier alpha value is -2.69. The van der Waals surface area contributed by atoms with Crippen LogP contribution in [-0.4, -0.2) is 21.6 Å². The highest BCUT2D eigenvalue weighted by molar-refractivity contribution is 5.83. The molecular weight excluding hydrogens is 266 g/mol. The molecule has 0 aliphatic heterocycles. The molecule has 3 aromatic rings. The van der Waals surface area contributed by atoms with Gasteiger partial charge >= 0.3 is 0 Å². The molecule has 0 amide bonds. The van der Waals surface area contributed by atoms with E-state index >= 15 is 0 Å². The monoisotopic (exact) mass is 281 g/mol. The molecule has 2 aromatic heterocycles. The van der Waals surface area contributed by atoms with Gasteiger partial charge < -0.3 is 4.74 Å². The summed E-state index contributed by atoms with van der Waals surface area (Å²) in [6.45, 7) is 2.39. The lowest BCUT2D eigenvalue weighted by Gasteiger charge is -2.09. The third-order valence-electron chi connectivity index (χ3n) is 3.35. The van der Waals surface area contributed by atoms with Crippen LogP contribution in [0.1, 0.15) is 11.3 Å². The topological polar surface area (TPSA) is 57.0 Å². The maximum absolute atomic E-state index is 12.6. The van der Waals surface area contributed by atoms with E-state index in [4.69, 9.17) is 4.74 Å². The predicted molar refractivity (Wildman–Crippen MR) is 80.6 cm³/mol. The van der Waals surface area contributed by atoms with E-state index in [1.54, 1.807) is 36.3 Å². The number of hydrogen-bond acceptors (Lipinski definition) is 4. The van der Waals surface area contributed by atoms with Gasteiger partial charge in [-0.15, -0.1) is 0 Å². The van der Waals surface area contributed by atoms with Crippen molar-refractivity contribution in [2.45, 2.75) is 13.5 Å². The van der Waals surface area contributed by atoms with Gasteiger partial charge in [-0.25, -0.2) is 4.98 Å². The fraction of sp³-hybridized carbons (Fsp3) is 0.188. The predicted octanol–water partition coefficient (Wildman–Crippen LogP) is 2.16. The van der Waals surface area contributed by atoms with Crippen LogP contribution in [0.4, 0.5) is 0 Å². The highest BCUT2D eigenvalue weighted by Crippen LogP contribution is 2.19. The zero-order chi connectivity index (χ0) is 14.8. The molecule has 0 unspecified atom stereocenters. The molecule has 0 radical (unpaired) electrons. The molecule has 0 saturated heterocycles. The smallest absolute Gasteiger partial charge is 0.265 e. The van der Waals surface area contributed by atoms with Crippen LogP contribution in [0.3, 0.4) is 0 Å². The first kappa shape index (κ1) is 13.3. The fourth-order valence-corrected chi connectivity index (χ4v) is 2.35. The highest BCUT2D eigenvalue weighted by Gasteiger charge is 2.09. The summed E-state index contributed by atoms with van der Waals surface area (Å²) in [7, 11) is 1.55. The number of fused-ring (bicyclic) bond motifs is 1. The van der Waals surface area contributed by atoms with Crippen molar-refractivity contribution in [1.29, 1.82) is 0 Å². The zero-order valence-corrected chi connectivity index (χ0v) is 11.9. The largest absolute Gasteiger partial charge is 0.496 e. The number of aryl methyl sites for hydroxylation is 1. The lowest BCUT2D eigenvalue weighted by Crippen LogP contribution is -2.21. The van der Waals surface area contributed by atoms with E-state index in [9.17, 15) is 4.79 Å². The molecule has 3 rings (SSSR count). The molecule has 0 fully saturated rings. The second kappa shape index (κ2) is 5.36. The summed E-state index contributed by atoms with van der Waals surface area (Å²) in [5.74, 6) is 0.547. The van der Waals surface area contributed by atoms with Crippen LogP contribution >= 0.6 is 0 Å². The van der Waals surface area contributed by atoms with Crippen molar-refractivity contribution < 1.29 is 4.74 Å². The van der Waals surface area contributed by atoms with Crippen molar-refractivity contribution in [3.8, 4) is 5.75 Å². The van der Waals surface area contributed by atoms with Gasteiger partial charge in [-0.3, -0.25) is 14.3 Å². The number of benzene rings is 1. The average Bonchev–Trinajstić information content (AvgIpc) is 2.49. The van der Waals surface area contributed by atoms with Gasteiger partial charge in [0, 0.05) is 11.9 Å². The molecule has 0 aliphatic rings. The number of pyridine rings is 1. The third-order valence-corrected chi connectivity index (χ3v) is 3.35. The van der Waals surface area contributed by atoms with Gasteiger partial charge in [0.25, 0.3) is 5.56 Å². The van der Waals surface area contributed by atoms with Crippen molar-refractivity contribution in [3.05, 3.63) is 64.5 Å². The molecule has 0 atom stereocenters. The number of hydrogen-bond donors (Lipinski definition) is 0. The summed E-state index contributed by atoms with van der Waals surface area (Å²) in [5.41, 5.74) is 2.47. The highest BCUT2D eigenvalue weighted by atomic mass is 16.5. The van der Waals surface area contributed by atoms with E-state index in [0.717, 1.165) is 11.3 Å². The summed E-state index contributed by atoms with van der Waals surface area (Å²) in [4.78, 5) is 21.1. The van der Waals surface area contributed by atoms with Gasteiger partial charge in [-0.05, 0) is 36.8 Å². The molecule has 0 N–H and O–H groups in total. The van der Waals surface area contributed by atoms with Crippen molar-refractivity contribution >= 4 is 10.9 Å². The minimum Gasteiger partial charge on any atom is -0.496 e. The van der Waals surface area contributed by atoms with Crippen LogP contribution in [0.25, 0.3) is 10.9 Å². The molecule has 0 aliphatic carbocycles. The van der Waals surface area contributed by atoms with Crippen molar-refractivity contribution in [1.82, 2.24) is 14.5 Å². The molecule has 106 valence electrons. The van der Waals surface area contributed by atoms with E-state index in [1.807, 2.05) is 25.1 Å². The summed E-state index contributed by atoms with van der Waals surface area (Å²) in [6, 6.07) is 9.25. The van der Waals surface area contributed by atoms with Gasteiger partial charge in [0.2, 0.25) is 0 Å². The van der Waals surface area contributed by atoms with Crippen LogP contribution in [0.2, 0.25) is 0 Å². The Morgan fingerprint density at radius 1 is 1.24 bits per heavy atom. The maximum Gasteiger partial charge on any atom is 0.265 e. The SMILES string of the molecule is COc1cccc2ncn(Cc3ccnc(C)c3)c(=O)c12. The Labute approximate surface area is 121 Å². The van der Waals surface area contributed by atoms with E-state index in [2.05, 4.69) is 9.97 Å². The number of aromatic nitrogens is 3. The van der Waals surface area contributed by atoms with Crippen molar-refractivity contribution in [3.63, 3.8) is 0 Å². The standard InChI is InChI=1S/C16H15N3O2/c1-11-8-12(6-7-17-11)9-19-10-18-13-4-3-5-14(21-2)15(13)16(19)20/h3-8,10H,9H2,1-2H3. The first-order chi connectivity index (χ1) is 10.2.